The monoisotopic (exact) mass is 416 g/mol. The number of hydrogen-bond acceptors (Lipinski definition) is 5. The number of nitrogens with zero attached hydrogens (tertiary/aromatic N) is 1. The molecule has 2 aliphatic heterocycles. The van der Waals surface area contributed by atoms with Gasteiger partial charge in [0.1, 0.15) is 22.9 Å². The Morgan fingerprint density at radius 1 is 1.31 bits per heavy atom. The molecule has 3 aliphatic rings. The van der Waals surface area contributed by atoms with Crippen LogP contribution in [-0.4, -0.2) is 51.6 Å². The van der Waals surface area contributed by atoms with E-state index < -0.39 is 17.4 Å². The predicted octanol–water partition coefficient (Wildman–Crippen LogP) is 2.27. The zero-order chi connectivity index (χ0) is 20.8. The first-order valence-corrected chi connectivity index (χ1v) is 10.9. The Balaban J connectivity index is 1.45. The number of rotatable bonds is 7. The number of thioether (sulfide) groups is 1. The first kappa shape index (κ1) is 19.8. The maximum Gasteiger partial charge on any atom is 0.352 e. The van der Waals surface area contributed by atoms with Crippen LogP contribution >= 0.6 is 11.8 Å². The van der Waals surface area contributed by atoms with Gasteiger partial charge in [0.25, 0.3) is 5.91 Å². The lowest BCUT2D eigenvalue weighted by Crippen LogP contribution is -2.71. The summed E-state index contributed by atoms with van der Waals surface area (Å²) in [5.74, 6) is -0.311. The Kier molecular flexibility index (Phi) is 5.06. The zero-order valence-electron chi connectivity index (χ0n) is 16.4. The lowest BCUT2D eigenvalue weighted by molar-refractivity contribution is -0.151. The van der Waals surface area contributed by atoms with Crippen molar-refractivity contribution < 1.29 is 24.2 Å². The molecule has 1 saturated carbocycles. The van der Waals surface area contributed by atoms with Crippen LogP contribution in [0.3, 0.4) is 0 Å². The summed E-state index contributed by atoms with van der Waals surface area (Å²) in [5.41, 5.74) is 1.03. The van der Waals surface area contributed by atoms with Gasteiger partial charge in [-0.2, -0.15) is 0 Å². The highest BCUT2D eigenvalue weighted by Gasteiger charge is 2.57. The number of hydrogen-bond donors (Lipinski definition) is 2. The number of carboxylic acids is 1. The van der Waals surface area contributed by atoms with Crippen molar-refractivity contribution in [3.8, 4) is 5.75 Å². The molecule has 1 aromatic rings. The fourth-order valence-electron chi connectivity index (χ4n) is 3.92. The first-order chi connectivity index (χ1) is 13.9. The molecule has 1 aromatic carbocycles. The zero-order valence-corrected chi connectivity index (χ0v) is 17.3. The Morgan fingerprint density at radius 3 is 2.59 bits per heavy atom. The normalized spacial score (nSPS) is 24.5. The van der Waals surface area contributed by atoms with E-state index in [2.05, 4.69) is 5.32 Å². The molecule has 8 heteroatoms. The van der Waals surface area contributed by atoms with Gasteiger partial charge in [-0.1, -0.05) is 19.1 Å². The van der Waals surface area contributed by atoms with E-state index in [4.69, 9.17) is 4.74 Å². The van der Waals surface area contributed by atoms with Crippen LogP contribution < -0.4 is 10.1 Å². The van der Waals surface area contributed by atoms with Gasteiger partial charge in [-0.25, -0.2) is 4.79 Å². The number of β-lactam (4-membered cyclic amide) rings is 1. The molecular formula is C21H24N2O5S. The minimum Gasteiger partial charge on any atom is -0.494 e. The number of ether oxygens (including phenoxy) is 1. The standard InChI is InChI=1S/C21H24N2O5S/c1-3-10-28-14-6-4-13(5-7-14)21(8-9-21)20(27)22-15-17(24)23-16(19(25)26)12(2)11-29-18(15)23/h4-7,15,18H,3,8-11H2,1-2H3,(H,22,27)(H,25,26)/t15-,18-/m1/s1. The summed E-state index contributed by atoms with van der Waals surface area (Å²) in [5, 5.41) is 12.0. The Morgan fingerprint density at radius 2 is 2.00 bits per heavy atom. The third-order valence-corrected chi connectivity index (χ3v) is 7.14. The van der Waals surface area contributed by atoms with Gasteiger partial charge in [0.2, 0.25) is 5.91 Å². The molecule has 0 radical (unpaired) electrons. The van der Waals surface area contributed by atoms with Crippen molar-refractivity contribution >= 4 is 29.5 Å². The maximum absolute atomic E-state index is 13.0. The Bertz CT molecular complexity index is 891. The molecule has 0 spiro atoms. The van der Waals surface area contributed by atoms with E-state index >= 15 is 0 Å². The fraction of sp³-hybridized carbons (Fsp3) is 0.476. The molecule has 0 unspecified atom stereocenters. The second-order valence-electron chi connectivity index (χ2n) is 7.75. The molecule has 0 aromatic heterocycles. The molecule has 0 bridgehead atoms. The van der Waals surface area contributed by atoms with Crippen molar-refractivity contribution in [2.45, 2.75) is 49.9 Å². The molecule has 2 amide bonds. The molecule has 29 heavy (non-hydrogen) atoms. The van der Waals surface area contributed by atoms with Crippen molar-refractivity contribution in [3.05, 3.63) is 41.1 Å². The Hall–Kier alpha value is -2.48. The van der Waals surface area contributed by atoms with Crippen LogP contribution in [0, 0.1) is 0 Å². The van der Waals surface area contributed by atoms with Gasteiger partial charge in [-0.15, -0.1) is 11.8 Å². The number of nitrogens with one attached hydrogen (secondary N) is 1. The second kappa shape index (κ2) is 7.40. The molecule has 1 aliphatic carbocycles. The van der Waals surface area contributed by atoms with E-state index in [0.717, 1.165) is 30.6 Å². The van der Waals surface area contributed by atoms with Gasteiger partial charge in [0, 0.05) is 5.75 Å². The summed E-state index contributed by atoms with van der Waals surface area (Å²) in [4.78, 5) is 38.5. The smallest absolute Gasteiger partial charge is 0.352 e. The molecule has 2 atom stereocenters. The van der Waals surface area contributed by atoms with Crippen LogP contribution in [-0.2, 0) is 19.8 Å². The van der Waals surface area contributed by atoms with E-state index in [1.165, 1.54) is 16.7 Å². The van der Waals surface area contributed by atoms with Gasteiger partial charge in [0.05, 0.1) is 12.0 Å². The van der Waals surface area contributed by atoms with Crippen molar-refractivity contribution in [1.82, 2.24) is 10.2 Å². The molecule has 7 nitrogen and oxygen atoms in total. The first-order valence-electron chi connectivity index (χ1n) is 9.81. The minimum absolute atomic E-state index is 0.0491. The highest BCUT2D eigenvalue weighted by molar-refractivity contribution is 8.00. The number of benzene rings is 1. The maximum atomic E-state index is 13.0. The van der Waals surface area contributed by atoms with Crippen molar-refractivity contribution in [2.24, 2.45) is 0 Å². The molecule has 4 rings (SSSR count). The third kappa shape index (κ3) is 3.29. The van der Waals surface area contributed by atoms with Crippen molar-refractivity contribution in [3.63, 3.8) is 0 Å². The summed E-state index contributed by atoms with van der Waals surface area (Å²) in [6.45, 7) is 4.41. The van der Waals surface area contributed by atoms with Gasteiger partial charge < -0.3 is 15.2 Å². The Labute approximate surface area is 173 Å². The average molecular weight is 416 g/mol. The van der Waals surface area contributed by atoms with Gasteiger partial charge in [-0.3, -0.25) is 14.5 Å². The number of aliphatic carboxylic acids is 1. The van der Waals surface area contributed by atoms with Crippen molar-refractivity contribution in [2.75, 3.05) is 12.4 Å². The van der Waals surface area contributed by atoms with E-state index in [1.54, 1.807) is 6.92 Å². The highest BCUT2D eigenvalue weighted by atomic mass is 32.2. The fourth-order valence-corrected chi connectivity index (χ4v) is 5.21. The van der Waals surface area contributed by atoms with Crippen LogP contribution in [0.2, 0.25) is 0 Å². The van der Waals surface area contributed by atoms with Gasteiger partial charge in [0.15, 0.2) is 0 Å². The lowest BCUT2D eigenvalue weighted by Gasteiger charge is -2.49. The largest absolute Gasteiger partial charge is 0.494 e. The number of carbonyl (C=O) groups is 3. The quantitative estimate of drug-likeness (QED) is 0.662. The molecular weight excluding hydrogens is 392 g/mol. The van der Waals surface area contributed by atoms with Gasteiger partial charge in [-0.05, 0) is 49.5 Å². The van der Waals surface area contributed by atoms with Crippen LogP contribution in [0.1, 0.15) is 38.7 Å². The third-order valence-electron chi connectivity index (χ3n) is 5.71. The van der Waals surface area contributed by atoms with E-state index in [-0.39, 0.29) is 22.9 Å². The molecule has 2 fully saturated rings. The van der Waals surface area contributed by atoms with Gasteiger partial charge >= 0.3 is 5.97 Å². The predicted molar refractivity (Wildman–Crippen MR) is 108 cm³/mol. The van der Waals surface area contributed by atoms with E-state index in [1.807, 2.05) is 31.2 Å². The van der Waals surface area contributed by atoms with Crippen LogP contribution in [0.25, 0.3) is 0 Å². The molecule has 1 saturated heterocycles. The highest BCUT2D eigenvalue weighted by Crippen LogP contribution is 2.49. The van der Waals surface area contributed by atoms with Crippen molar-refractivity contribution in [1.29, 1.82) is 0 Å². The van der Waals surface area contributed by atoms with Crippen LogP contribution in [0.15, 0.2) is 35.5 Å². The SMILES string of the molecule is CCCOc1ccc(C2(C(=O)N[C@@H]3C(=O)N4C(C(=O)O)=C(C)CS[C@H]34)CC2)cc1. The lowest BCUT2D eigenvalue weighted by atomic mass is 9.93. The van der Waals surface area contributed by atoms with E-state index in [9.17, 15) is 19.5 Å². The molecule has 2 N–H and O–H groups in total. The number of carbonyl (C=O) groups excluding carboxylic acids is 2. The van der Waals surface area contributed by atoms with Crippen LogP contribution in [0.5, 0.6) is 5.75 Å². The summed E-state index contributed by atoms with van der Waals surface area (Å²) in [7, 11) is 0. The van der Waals surface area contributed by atoms with E-state index in [0.29, 0.717) is 17.9 Å². The molecule has 154 valence electrons. The number of fused-ring (bicyclic) bond motifs is 1. The topological polar surface area (TPSA) is 95.9 Å². The summed E-state index contributed by atoms with van der Waals surface area (Å²) in [6.07, 6.45) is 2.39. The number of amides is 2. The van der Waals surface area contributed by atoms with Crippen LogP contribution in [0.4, 0.5) is 0 Å². The summed E-state index contributed by atoms with van der Waals surface area (Å²) >= 11 is 1.49. The second-order valence-corrected chi connectivity index (χ2v) is 8.85. The minimum atomic E-state index is -1.10. The summed E-state index contributed by atoms with van der Waals surface area (Å²) in [6, 6.07) is 6.89. The summed E-state index contributed by atoms with van der Waals surface area (Å²) < 4.78 is 5.60. The number of carboxylic acid groups (broad SMARTS) is 1. The average Bonchev–Trinajstić information content (AvgIpc) is 3.52. The molecule has 2 heterocycles.